The van der Waals surface area contributed by atoms with Gasteiger partial charge in [0.25, 0.3) is 0 Å². The van der Waals surface area contributed by atoms with Gasteiger partial charge < -0.3 is 0 Å². The van der Waals surface area contributed by atoms with Gasteiger partial charge in [-0.3, -0.25) is 4.90 Å². The first kappa shape index (κ1) is 17.5. The molecule has 0 saturated carbocycles. The highest BCUT2D eigenvalue weighted by molar-refractivity contribution is 7.89. The van der Waals surface area contributed by atoms with Crippen LogP contribution in [0.4, 0.5) is 4.39 Å². The first-order valence-corrected chi connectivity index (χ1v) is 10.5. The fourth-order valence-electron chi connectivity index (χ4n) is 3.08. The number of nitrogens with zero attached hydrogens (tertiary/aromatic N) is 1. The molecule has 1 aliphatic rings. The molecule has 1 fully saturated rings. The van der Waals surface area contributed by atoms with Crippen LogP contribution in [-0.4, -0.2) is 33.0 Å². The molecule has 24 heavy (non-hydrogen) atoms. The van der Waals surface area contributed by atoms with Crippen molar-refractivity contribution in [2.45, 2.75) is 30.2 Å². The molecule has 130 valence electrons. The normalized spacial score (nSPS) is 17.7. The second-order valence-electron chi connectivity index (χ2n) is 5.95. The molecule has 3 rings (SSSR count). The molecule has 0 bridgehead atoms. The zero-order chi connectivity index (χ0) is 17.0. The maximum Gasteiger partial charge on any atom is 0.243 e. The van der Waals surface area contributed by atoms with Gasteiger partial charge >= 0.3 is 0 Å². The van der Waals surface area contributed by atoms with Crippen LogP contribution in [0, 0.1) is 5.82 Å². The topological polar surface area (TPSA) is 49.4 Å². The maximum absolute atomic E-state index is 13.8. The Morgan fingerprint density at radius 3 is 2.58 bits per heavy atom. The Balaban J connectivity index is 1.77. The smallest absolute Gasteiger partial charge is 0.243 e. The molecule has 2 heterocycles. The van der Waals surface area contributed by atoms with E-state index < -0.39 is 15.8 Å². The molecule has 1 atom stereocenters. The van der Waals surface area contributed by atoms with Crippen LogP contribution in [0.5, 0.6) is 0 Å². The molecule has 1 aromatic carbocycles. The fourth-order valence-corrected chi connectivity index (χ4v) is 4.90. The molecule has 0 radical (unpaired) electrons. The summed E-state index contributed by atoms with van der Waals surface area (Å²) in [5, 5.41) is 4.05. The van der Waals surface area contributed by atoms with Crippen LogP contribution in [0.25, 0.3) is 0 Å². The molecule has 2 aromatic rings. The minimum absolute atomic E-state index is 0.0156. The first-order chi connectivity index (χ1) is 11.6. The summed E-state index contributed by atoms with van der Waals surface area (Å²) < 4.78 is 41.3. The van der Waals surface area contributed by atoms with Crippen LogP contribution in [0.15, 0.2) is 46.0 Å². The van der Waals surface area contributed by atoms with Crippen molar-refractivity contribution in [2.24, 2.45) is 0 Å². The summed E-state index contributed by atoms with van der Waals surface area (Å²) in [6.07, 6.45) is 3.47. The summed E-state index contributed by atoms with van der Waals surface area (Å²) in [5.74, 6) is -0.727. The highest BCUT2D eigenvalue weighted by Gasteiger charge is 2.26. The summed E-state index contributed by atoms with van der Waals surface area (Å²) in [6.45, 7) is 2.16. The molecule has 4 nitrogen and oxygen atoms in total. The van der Waals surface area contributed by atoms with Gasteiger partial charge in [-0.05, 0) is 60.5 Å². The second-order valence-corrected chi connectivity index (χ2v) is 8.47. The molecular formula is C17H21FN2O2S2. The van der Waals surface area contributed by atoms with Gasteiger partial charge in [-0.1, -0.05) is 18.6 Å². The van der Waals surface area contributed by atoms with E-state index in [0.29, 0.717) is 0 Å². The molecule has 7 heteroatoms. The number of halogens is 1. The number of benzene rings is 1. The summed E-state index contributed by atoms with van der Waals surface area (Å²) in [7, 11) is -3.86. The quantitative estimate of drug-likeness (QED) is 0.850. The van der Waals surface area contributed by atoms with Gasteiger partial charge in [0, 0.05) is 12.6 Å². The lowest BCUT2D eigenvalue weighted by molar-refractivity contribution is 0.165. The molecular weight excluding hydrogens is 347 g/mol. The number of sulfonamides is 1. The monoisotopic (exact) mass is 368 g/mol. The number of hydrogen-bond donors (Lipinski definition) is 1. The Morgan fingerprint density at radius 2 is 1.92 bits per heavy atom. The van der Waals surface area contributed by atoms with E-state index in [1.165, 1.54) is 24.6 Å². The average molecular weight is 368 g/mol. The van der Waals surface area contributed by atoms with Crippen molar-refractivity contribution in [3.05, 3.63) is 52.5 Å². The van der Waals surface area contributed by atoms with Gasteiger partial charge in [-0.15, -0.1) is 0 Å². The Labute approximate surface area is 146 Å². The Hall–Kier alpha value is -1.28. The van der Waals surface area contributed by atoms with Crippen molar-refractivity contribution in [3.8, 4) is 0 Å². The van der Waals surface area contributed by atoms with Gasteiger partial charge in [0.05, 0.1) is 0 Å². The molecule has 1 aliphatic heterocycles. The van der Waals surface area contributed by atoms with Crippen molar-refractivity contribution in [2.75, 3.05) is 19.6 Å². The van der Waals surface area contributed by atoms with E-state index in [0.717, 1.165) is 37.6 Å². The number of rotatable bonds is 6. The number of hydrogen-bond acceptors (Lipinski definition) is 4. The van der Waals surface area contributed by atoms with Crippen LogP contribution in [0.3, 0.4) is 0 Å². The number of nitrogens with one attached hydrogen (secondary N) is 1. The lowest BCUT2D eigenvalue weighted by Crippen LogP contribution is -2.40. The van der Waals surface area contributed by atoms with E-state index in [4.69, 9.17) is 0 Å². The summed E-state index contributed by atoms with van der Waals surface area (Å²) >= 11 is 1.60. The summed E-state index contributed by atoms with van der Waals surface area (Å²) in [5.41, 5.74) is 1.11. The first-order valence-electron chi connectivity index (χ1n) is 8.08. The number of piperidine rings is 1. The average Bonchev–Trinajstić information content (AvgIpc) is 3.10. The minimum atomic E-state index is -3.86. The molecule has 0 spiro atoms. The molecule has 0 aliphatic carbocycles. The molecule has 1 aromatic heterocycles. The van der Waals surface area contributed by atoms with Crippen LogP contribution in [-0.2, 0) is 10.0 Å². The number of thiophene rings is 1. The lowest BCUT2D eigenvalue weighted by Gasteiger charge is -2.34. The Morgan fingerprint density at radius 1 is 1.17 bits per heavy atom. The van der Waals surface area contributed by atoms with Crippen molar-refractivity contribution in [1.29, 1.82) is 0 Å². The third-order valence-corrected chi connectivity index (χ3v) is 6.51. The van der Waals surface area contributed by atoms with E-state index in [2.05, 4.69) is 15.0 Å². The van der Waals surface area contributed by atoms with Gasteiger partial charge in [0.15, 0.2) is 0 Å². The van der Waals surface area contributed by atoms with E-state index >= 15 is 0 Å². The van der Waals surface area contributed by atoms with Crippen molar-refractivity contribution < 1.29 is 12.8 Å². The van der Waals surface area contributed by atoms with Gasteiger partial charge in [0.1, 0.15) is 10.7 Å². The van der Waals surface area contributed by atoms with Gasteiger partial charge in [0.2, 0.25) is 10.0 Å². The third-order valence-electron chi connectivity index (χ3n) is 4.35. The molecule has 1 N–H and O–H groups in total. The van der Waals surface area contributed by atoms with Crippen molar-refractivity contribution in [3.63, 3.8) is 0 Å². The fraction of sp³-hybridized carbons (Fsp3) is 0.412. The molecule has 1 saturated heterocycles. The molecule has 1 unspecified atom stereocenters. The van der Waals surface area contributed by atoms with E-state index in [-0.39, 0.29) is 17.5 Å². The zero-order valence-electron chi connectivity index (χ0n) is 13.3. The maximum atomic E-state index is 13.8. The van der Waals surface area contributed by atoms with Crippen molar-refractivity contribution in [1.82, 2.24) is 9.62 Å². The van der Waals surface area contributed by atoms with E-state index in [1.807, 2.05) is 11.4 Å². The highest BCUT2D eigenvalue weighted by Crippen LogP contribution is 2.26. The Kier molecular flexibility index (Phi) is 5.65. The van der Waals surface area contributed by atoms with Gasteiger partial charge in [-0.2, -0.15) is 11.3 Å². The largest absolute Gasteiger partial charge is 0.295 e. The number of likely N-dealkylation sites (tertiary alicyclic amines) is 1. The highest BCUT2D eigenvalue weighted by atomic mass is 32.2. The third kappa shape index (κ3) is 4.03. The standard InChI is InChI=1S/C17H21FN2O2S2/c18-15-6-2-3-7-17(15)24(21,22)19-12-16(14-8-11-23-13-14)20-9-4-1-5-10-20/h2-3,6-8,11,13,16,19H,1,4-5,9-10,12H2. The van der Waals surface area contributed by atoms with Gasteiger partial charge in [-0.25, -0.2) is 17.5 Å². The van der Waals surface area contributed by atoms with E-state index in [1.54, 1.807) is 11.3 Å². The second kappa shape index (κ2) is 7.74. The predicted molar refractivity (Wildman–Crippen MR) is 94.1 cm³/mol. The van der Waals surface area contributed by atoms with E-state index in [9.17, 15) is 12.8 Å². The SMILES string of the molecule is O=S(=O)(NCC(c1ccsc1)N1CCCCC1)c1ccccc1F. The summed E-state index contributed by atoms with van der Waals surface area (Å²) in [6, 6.07) is 7.47. The Bertz CT molecular complexity index is 757. The minimum Gasteiger partial charge on any atom is -0.295 e. The van der Waals surface area contributed by atoms with Crippen LogP contribution in [0.2, 0.25) is 0 Å². The zero-order valence-corrected chi connectivity index (χ0v) is 15.0. The predicted octanol–water partition coefficient (Wildman–Crippen LogP) is 3.39. The summed E-state index contributed by atoms with van der Waals surface area (Å²) in [4.78, 5) is 2.02. The van der Waals surface area contributed by atoms with Crippen LogP contribution >= 0.6 is 11.3 Å². The van der Waals surface area contributed by atoms with Crippen LogP contribution < -0.4 is 4.72 Å². The van der Waals surface area contributed by atoms with Crippen LogP contribution in [0.1, 0.15) is 30.9 Å². The van der Waals surface area contributed by atoms with Crippen molar-refractivity contribution >= 4 is 21.4 Å². The lowest BCUT2D eigenvalue weighted by atomic mass is 10.0. The molecule has 0 amide bonds.